The molecule has 0 bridgehead atoms. The lowest BCUT2D eigenvalue weighted by molar-refractivity contribution is 0.0955. The van der Waals surface area contributed by atoms with Gasteiger partial charge in [-0.05, 0) is 70.0 Å². The first-order valence-electron chi connectivity index (χ1n) is 7.66. The van der Waals surface area contributed by atoms with Crippen LogP contribution in [0.2, 0.25) is 0 Å². The lowest BCUT2D eigenvalue weighted by Crippen LogP contribution is -2.17. The second-order valence-corrected chi connectivity index (χ2v) is 8.69. The second kappa shape index (κ2) is 9.12. The summed E-state index contributed by atoms with van der Waals surface area (Å²) in [7, 11) is 0. The van der Waals surface area contributed by atoms with Gasteiger partial charge < -0.3 is 4.74 Å². The smallest absolute Gasteiger partial charge is 0.271 e. The molecule has 0 aliphatic rings. The van der Waals surface area contributed by atoms with E-state index < -0.39 is 0 Å². The van der Waals surface area contributed by atoms with Crippen LogP contribution in [0.1, 0.15) is 20.8 Å². The van der Waals surface area contributed by atoms with Gasteiger partial charge in [0.05, 0.1) is 10.0 Å². The Hall–Kier alpha value is -1.96. The van der Waals surface area contributed by atoms with Gasteiger partial charge in [-0.3, -0.25) is 4.79 Å². The Morgan fingerprint density at radius 2 is 1.92 bits per heavy atom. The van der Waals surface area contributed by atoms with E-state index in [0.29, 0.717) is 17.9 Å². The number of rotatable bonds is 6. The van der Waals surface area contributed by atoms with Gasteiger partial charge >= 0.3 is 0 Å². The molecule has 0 spiro atoms. The maximum atomic E-state index is 12.1. The Morgan fingerprint density at radius 3 is 2.62 bits per heavy atom. The third-order valence-corrected chi connectivity index (χ3v) is 5.41. The van der Waals surface area contributed by atoms with Crippen LogP contribution in [0.4, 0.5) is 0 Å². The van der Waals surface area contributed by atoms with Crippen LogP contribution in [0.15, 0.2) is 74.0 Å². The predicted molar refractivity (Wildman–Crippen MR) is 112 cm³/mol. The number of nitrogens with zero attached hydrogens (tertiary/aromatic N) is 1. The van der Waals surface area contributed by atoms with Crippen molar-refractivity contribution in [3.05, 3.63) is 84.9 Å². The van der Waals surface area contributed by atoms with Gasteiger partial charge in [0.1, 0.15) is 12.4 Å². The summed E-state index contributed by atoms with van der Waals surface area (Å²) < 4.78 is 7.77. The molecule has 1 amide bonds. The molecular weight excluding hydrogens is 480 g/mol. The van der Waals surface area contributed by atoms with Crippen molar-refractivity contribution in [3.8, 4) is 5.75 Å². The molecule has 7 heteroatoms. The minimum Gasteiger partial charge on any atom is -0.489 e. The largest absolute Gasteiger partial charge is 0.489 e. The van der Waals surface area contributed by atoms with E-state index in [2.05, 4.69) is 42.4 Å². The van der Waals surface area contributed by atoms with E-state index in [1.54, 1.807) is 30.5 Å². The normalized spacial score (nSPS) is 10.8. The molecule has 0 unspecified atom stereocenters. The zero-order valence-corrected chi connectivity index (χ0v) is 17.5. The minimum atomic E-state index is -0.268. The molecule has 2 aromatic carbocycles. The number of hydrogen-bond acceptors (Lipinski definition) is 4. The molecule has 1 N–H and O–H groups in total. The van der Waals surface area contributed by atoms with Gasteiger partial charge in [0, 0.05) is 14.9 Å². The van der Waals surface area contributed by atoms with Crippen LogP contribution in [0.25, 0.3) is 0 Å². The number of nitrogens with one attached hydrogen (secondary N) is 1. The Morgan fingerprint density at radius 1 is 1.12 bits per heavy atom. The fraction of sp³-hybridized carbons (Fsp3) is 0.0526. The summed E-state index contributed by atoms with van der Waals surface area (Å²) in [4.78, 5) is 13.0. The molecule has 0 fully saturated rings. The molecule has 26 heavy (non-hydrogen) atoms. The van der Waals surface area contributed by atoms with Gasteiger partial charge in [-0.2, -0.15) is 5.10 Å². The van der Waals surface area contributed by atoms with Crippen molar-refractivity contribution < 1.29 is 9.53 Å². The number of halogens is 2. The van der Waals surface area contributed by atoms with E-state index >= 15 is 0 Å². The topological polar surface area (TPSA) is 50.7 Å². The zero-order valence-electron chi connectivity index (χ0n) is 13.5. The number of hydrazone groups is 1. The van der Waals surface area contributed by atoms with Crippen LogP contribution in [-0.4, -0.2) is 12.1 Å². The van der Waals surface area contributed by atoms with Gasteiger partial charge in [0.25, 0.3) is 5.91 Å². The highest BCUT2D eigenvalue weighted by Gasteiger charge is 2.05. The van der Waals surface area contributed by atoms with Gasteiger partial charge in [-0.15, -0.1) is 11.3 Å². The summed E-state index contributed by atoms with van der Waals surface area (Å²) >= 11 is 8.36. The zero-order chi connectivity index (χ0) is 18.4. The SMILES string of the molecule is O=C(NN=Cc1ccc(Br)s1)c1ccc(OCc2cccc(Br)c2)cc1. The molecule has 1 aromatic heterocycles. The summed E-state index contributed by atoms with van der Waals surface area (Å²) in [6.45, 7) is 0.464. The average Bonchev–Trinajstić information content (AvgIpc) is 3.05. The highest BCUT2D eigenvalue weighted by molar-refractivity contribution is 9.11. The van der Waals surface area contributed by atoms with Crippen LogP contribution < -0.4 is 10.2 Å². The van der Waals surface area contributed by atoms with Crippen molar-refractivity contribution in [2.24, 2.45) is 5.10 Å². The maximum Gasteiger partial charge on any atom is 0.271 e. The average molecular weight is 494 g/mol. The Bertz CT molecular complexity index is 923. The number of amides is 1. The number of carbonyl (C=O) groups excluding carboxylic acids is 1. The van der Waals surface area contributed by atoms with Gasteiger partial charge in [-0.1, -0.05) is 28.1 Å². The lowest BCUT2D eigenvalue weighted by Gasteiger charge is -2.07. The Labute approximate surface area is 172 Å². The Balaban J connectivity index is 1.53. The summed E-state index contributed by atoms with van der Waals surface area (Å²) in [5.74, 6) is 0.434. The van der Waals surface area contributed by atoms with Crippen molar-refractivity contribution in [3.63, 3.8) is 0 Å². The molecule has 0 radical (unpaired) electrons. The van der Waals surface area contributed by atoms with E-state index in [0.717, 1.165) is 18.7 Å². The van der Waals surface area contributed by atoms with Crippen molar-refractivity contribution in [1.82, 2.24) is 5.43 Å². The quantitative estimate of drug-likeness (QED) is 0.358. The van der Waals surface area contributed by atoms with Gasteiger partial charge in [0.15, 0.2) is 0 Å². The highest BCUT2D eigenvalue weighted by Crippen LogP contribution is 2.20. The molecule has 0 atom stereocenters. The molecule has 0 aliphatic carbocycles. The van der Waals surface area contributed by atoms with Crippen LogP contribution in [0.5, 0.6) is 5.75 Å². The molecular formula is C19H14Br2N2O2S. The monoisotopic (exact) mass is 492 g/mol. The van der Waals surface area contributed by atoms with Crippen molar-refractivity contribution in [2.45, 2.75) is 6.61 Å². The molecule has 3 rings (SSSR count). The molecule has 0 saturated carbocycles. The molecule has 4 nitrogen and oxygen atoms in total. The number of benzene rings is 2. The predicted octanol–water partition coefficient (Wildman–Crippen LogP) is 5.62. The first kappa shape index (κ1) is 18.8. The van der Waals surface area contributed by atoms with Gasteiger partial charge in [0.2, 0.25) is 0 Å². The number of carbonyl (C=O) groups is 1. The van der Waals surface area contributed by atoms with E-state index in [-0.39, 0.29) is 5.91 Å². The fourth-order valence-corrected chi connectivity index (χ4v) is 3.85. The van der Waals surface area contributed by atoms with Crippen LogP contribution in [0.3, 0.4) is 0 Å². The van der Waals surface area contributed by atoms with Gasteiger partial charge in [-0.25, -0.2) is 5.43 Å². The third kappa shape index (κ3) is 5.52. The van der Waals surface area contributed by atoms with Crippen molar-refractivity contribution >= 4 is 55.3 Å². The summed E-state index contributed by atoms with van der Waals surface area (Å²) in [6, 6.07) is 18.7. The van der Waals surface area contributed by atoms with Crippen molar-refractivity contribution in [1.29, 1.82) is 0 Å². The molecule has 0 saturated heterocycles. The first-order chi connectivity index (χ1) is 12.6. The van der Waals surface area contributed by atoms with E-state index in [9.17, 15) is 4.79 Å². The summed E-state index contributed by atoms with van der Waals surface area (Å²) in [6.07, 6.45) is 1.61. The molecule has 0 aliphatic heterocycles. The molecule has 1 heterocycles. The minimum absolute atomic E-state index is 0.268. The number of hydrogen-bond donors (Lipinski definition) is 1. The first-order valence-corrected chi connectivity index (χ1v) is 10.1. The standard InChI is InChI=1S/C19H14Br2N2O2S/c20-15-3-1-2-13(10-15)12-25-16-6-4-14(5-7-16)19(24)23-22-11-17-8-9-18(21)26-17/h1-11H,12H2,(H,23,24). The van der Waals surface area contributed by atoms with E-state index in [1.165, 1.54) is 11.3 Å². The van der Waals surface area contributed by atoms with E-state index in [4.69, 9.17) is 4.74 Å². The highest BCUT2D eigenvalue weighted by atomic mass is 79.9. The number of thiophene rings is 1. The second-order valence-electron chi connectivity index (χ2n) is 5.28. The van der Waals surface area contributed by atoms with E-state index in [1.807, 2.05) is 36.4 Å². The maximum absolute atomic E-state index is 12.1. The third-order valence-electron chi connectivity index (χ3n) is 3.36. The summed E-state index contributed by atoms with van der Waals surface area (Å²) in [5, 5.41) is 3.97. The summed E-state index contributed by atoms with van der Waals surface area (Å²) in [5.41, 5.74) is 4.10. The van der Waals surface area contributed by atoms with Crippen LogP contribution in [0, 0.1) is 0 Å². The van der Waals surface area contributed by atoms with Crippen LogP contribution >= 0.6 is 43.2 Å². The molecule has 132 valence electrons. The fourth-order valence-electron chi connectivity index (χ4n) is 2.11. The molecule has 3 aromatic rings. The lowest BCUT2D eigenvalue weighted by atomic mass is 10.2. The number of ether oxygens (including phenoxy) is 1. The Kier molecular flexibility index (Phi) is 6.60. The van der Waals surface area contributed by atoms with Crippen molar-refractivity contribution in [2.75, 3.05) is 0 Å². The van der Waals surface area contributed by atoms with Crippen LogP contribution in [-0.2, 0) is 6.61 Å².